The quantitative estimate of drug-likeness (QED) is 0.732. The molecular weight excluding hydrogens is 162 g/mol. The number of rotatable bonds is 2. The maximum absolute atomic E-state index is 5.52. The molecule has 0 radical (unpaired) electrons. The molecule has 13 heavy (non-hydrogen) atoms. The Kier molecular flexibility index (Phi) is 5.35. The second-order valence-electron chi connectivity index (χ2n) is 2.16. The maximum Gasteiger partial charge on any atom is 0.133 e. The molecule has 1 heterocycles. The first kappa shape index (κ1) is 11.5. The van der Waals surface area contributed by atoms with Gasteiger partial charge in [0.1, 0.15) is 5.82 Å². The van der Waals surface area contributed by atoms with Gasteiger partial charge in [-0.2, -0.15) is 0 Å². The van der Waals surface area contributed by atoms with Gasteiger partial charge in [0.05, 0.1) is 11.9 Å². The van der Waals surface area contributed by atoms with E-state index in [9.17, 15) is 0 Å². The normalized spacial score (nSPS) is 8.23. The third kappa shape index (κ3) is 3.15. The van der Waals surface area contributed by atoms with Crippen molar-refractivity contribution in [1.82, 2.24) is 4.98 Å². The second kappa shape index (κ2) is 6.06. The molecule has 3 N–H and O–H groups in total. The van der Waals surface area contributed by atoms with Crippen molar-refractivity contribution in [3.05, 3.63) is 24.4 Å². The number of nitrogens with two attached hydrogens (primary N) is 1. The van der Waals surface area contributed by atoms with E-state index < -0.39 is 0 Å². The summed E-state index contributed by atoms with van der Waals surface area (Å²) in [7, 11) is 1.81. The molecule has 0 aromatic carbocycles. The standard InChI is InChI=1S/C8H11N3.C2H6/c1-3-6-4-7(9)5-11-8(6)10-2;1-2/h3-5H,1,9H2,2H3,(H,10,11);1-2H3. The first-order valence-electron chi connectivity index (χ1n) is 4.33. The molecule has 0 unspecified atom stereocenters. The highest BCUT2D eigenvalue weighted by atomic mass is 15.0. The zero-order valence-corrected chi connectivity index (χ0v) is 8.46. The summed E-state index contributed by atoms with van der Waals surface area (Å²) in [5.41, 5.74) is 7.10. The van der Waals surface area contributed by atoms with Crippen LogP contribution < -0.4 is 11.1 Å². The van der Waals surface area contributed by atoms with Crippen molar-refractivity contribution < 1.29 is 0 Å². The first-order valence-corrected chi connectivity index (χ1v) is 4.33. The van der Waals surface area contributed by atoms with E-state index in [2.05, 4.69) is 16.9 Å². The van der Waals surface area contributed by atoms with Crippen LogP contribution in [0.4, 0.5) is 11.5 Å². The molecule has 0 amide bonds. The Labute approximate surface area is 79.7 Å². The lowest BCUT2D eigenvalue weighted by atomic mass is 10.2. The van der Waals surface area contributed by atoms with Gasteiger partial charge in [-0.25, -0.2) is 4.98 Å². The fourth-order valence-electron chi connectivity index (χ4n) is 0.863. The van der Waals surface area contributed by atoms with E-state index in [1.54, 1.807) is 12.3 Å². The molecule has 1 aromatic heterocycles. The van der Waals surface area contributed by atoms with Crippen molar-refractivity contribution >= 4 is 17.6 Å². The molecule has 0 bridgehead atoms. The Balaban J connectivity index is 0.000000671. The van der Waals surface area contributed by atoms with Crippen LogP contribution in [0.15, 0.2) is 18.8 Å². The van der Waals surface area contributed by atoms with Gasteiger partial charge in [-0.1, -0.05) is 26.5 Å². The van der Waals surface area contributed by atoms with Gasteiger partial charge in [0.15, 0.2) is 0 Å². The van der Waals surface area contributed by atoms with E-state index in [4.69, 9.17) is 5.73 Å². The molecule has 0 saturated carbocycles. The predicted molar refractivity (Wildman–Crippen MR) is 59.6 cm³/mol. The molecule has 1 rings (SSSR count). The third-order valence-corrected chi connectivity index (χ3v) is 1.40. The minimum atomic E-state index is 0.652. The Morgan fingerprint density at radius 2 is 2.15 bits per heavy atom. The Bertz CT molecular complexity index is 269. The molecule has 1 aromatic rings. The number of hydrogen-bond acceptors (Lipinski definition) is 3. The number of anilines is 2. The summed E-state index contributed by atoms with van der Waals surface area (Å²) < 4.78 is 0. The summed E-state index contributed by atoms with van der Waals surface area (Å²) in [5, 5.41) is 2.94. The van der Waals surface area contributed by atoms with Crippen LogP contribution in [-0.4, -0.2) is 12.0 Å². The van der Waals surface area contributed by atoms with Crippen LogP contribution in [0.25, 0.3) is 6.08 Å². The summed E-state index contributed by atoms with van der Waals surface area (Å²) in [6.07, 6.45) is 3.33. The van der Waals surface area contributed by atoms with Crippen molar-refractivity contribution in [3.63, 3.8) is 0 Å². The largest absolute Gasteiger partial charge is 0.397 e. The zero-order chi connectivity index (χ0) is 10.3. The van der Waals surface area contributed by atoms with Crippen LogP contribution in [0.2, 0.25) is 0 Å². The Hall–Kier alpha value is -1.51. The van der Waals surface area contributed by atoms with Gasteiger partial charge in [-0.3, -0.25) is 0 Å². The Morgan fingerprint density at radius 3 is 2.62 bits per heavy atom. The van der Waals surface area contributed by atoms with Gasteiger partial charge in [-0.15, -0.1) is 0 Å². The molecule has 72 valence electrons. The van der Waals surface area contributed by atoms with Crippen molar-refractivity contribution in [2.45, 2.75) is 13.8 Å². The minimum Gasteiger partial charge on any atom is -0.397 e. The maximum atomic E-state index is 5.52. The molecule has 0 saturated heterocycles. The SMILES string of the molecule is C=Cc1cc(N)cnc1NC.CC. The number of nitrogens with one attached hydrogen (secondary N) is 1. The van der Waals surface area contributed by atoms with Crippen molar-refractivity contribution in [2.75, 3.05) is 18.1 Å². The van der Waals surface area contributed by atoms with Gasteiger partial charge in [0.2, 0.25) is 0 Å². The predicted octanol–water partition coefficient (Wildman–Crippen LogP) is 2.37. The first-order chi connectivity index (χ1) is 6.27. The molecule has 0 fully saturated rings. The lowest BCUT2D eigenvalue weighted by Crippen LogP contribution is -1.96. The van der Waals surface area contributed by atoms with E-state index in [0.717, 1.165) is 11.4 Å². The van der Waals surface area contributed by atoms with Crippen molar-refractivity contribution in [2.24, 2.45) is 0 Å². The van der Waals surface area contributed by atoms with Gasteiger partial charge in [0, 0.05) is 12.6 Å². The van der Waals surface area contributed by atoms with Crippen molar-refractivity contribution in [3.8, 4) is 0 Å². The second-order valence-corrected chi connectivity index (χ2v) is 2.16. The molecule has 0 aliphatic carbocycles. The highest BCUT2D eigenvalue weighted by Gasteiger charge is 1.97. The van der Waals surface area contributed by atoms with Crippen LogP contribution in [0.5, 0.6) is 0 Å². The Morgan fingerprint density at radius 1 is 1.54 bits per heavy atom. The highest BCUT2D eigenvalue weighted by Crippen LogP contribution is 2.15. The van der Waals surface area contributed by atoms with Crippen LogP contribution in [0.1, 0.15) is 19.4 Å². The minimum absolute atomic E-state index is 0.652. The molecule has 3 heteroatoms. The van der Waals surface area contributed by atoms with E-state index in [0.29, 0.717) is 5.69 Å². The molecule has 0 spiro atoms. The van der Waals surface area contributed by atoms with E-state index in [1.165, 1.54) is 0 Å². The zero-order valence-electron chi connectivity index (χ0n) is 8.46. The third-order valence-electron chi connectivity index (χ3n) is 1.40. The van der Waals surface area contributed by atoms with E-state index in [-0.39, 0.29) is 0 Å². The lowest BCUT2D eigenvalue weighted by Gasteiger charge is -2.03. The van der Waals surface area contributed by atoms with Gasteiger partial charge in [-0.05, 0) is 6.07 Å². The molecule has 0 aliphatic rings. The van der Waals surface area contributed by atoms with Crippen molar-refractivity contribution in [1.29, 1.82) is 0 Å². The molecule has 3 nitrogen and oxygen atoms in total. The van der Waals surface area contributed by atoms with Crippen LogP contribution in [0, 0.1) is 0 Å². The smallest absolute Gasteiger partial charge is 0.133 e. The number of aromatic nitrogens is 1. The fourth-order valence-corrected chi connectivity index (χ4v) is 0.863. The summed E-state index contributed by atoms with van der Waals surface area (Å²) in [5.74, 6) is 0.800. The molecule has 0 atom stereocenters. The van der Waals surface area contributed by atoms with E-state index >= 15 is 0 Å². The summed E-state index contributed by atoms with van der Waals surface area (Å²) in [6, 6.07) is 1.83. The topological polar surface area (TPSA) is 50.9 Å². The highest BCUT2D eigenvalue weighted by molar-refractivity contribution is 5.65. The summed E-state index contributed by atoms with van der Waals surface area (Å²) >= 11 is 0. The average molecular weight is 179 g/mol. The molecular formula is C10H17N3. The monoisotopic (exact) mass is 179 g/mol. The van der Waals surface area contributed by atoms with Gasteiger partial charge in [0.25, 0.3) is 0 Å². The lowest BCUT2D eigenvalue weighted by molar-refractivity contribution is 1.28. The fraction of sp³-hybridized carbons (Fsp3) is 0.300. The van der Waals surface area contributed by atoms with E-state index in [1.807, 2.05) is 27.0 Å². The number of pyridine rings is 1. The van der Waals surface area contributed by atoms with Crippen LogP contribution in [0.3, 0.4) is 0 Å². The van der Waals surface area contributed by atoms with Gasteiger partial charge >= 0.3 is 0 Å². The van der Waals surface area contributed by atoms with Crippen LogP contribution >= 0.6 is 0 Å². The number of hydrogen-bond donors (Lipinski definition) is 2. The number of nitrogen functional groups attached to an aromatic ring is 1. The summed E-state index contributed by atoms with van der Waals surface area (Å²) in [4.78, 5) is 4.06. The average Bonchev–Trinajstić information content (AvgIpc) is 2.20. The van der Waals surface area contributed by atoms with Crippen LogP contribution in [-0.2, 0) is 0 Å². The molecule has 0 aliphatic heterocycles. The van der Waals surface area contributed by atoms with Gasteiger partial charge < -0.3 is 11.1 Å². The number of nitrogens with zero attached hydrogens (tertiary/aromatic N) is 1. The summed E-state index contributed by atoms with van der Waals surface area (Å²) in [6.45, 7) is 7.65.